The predicted octanol–water partition coefficient (Wildman–Crippen LogP) is 5.39. The van der Waals surface area contributed by atoms with E-state index in [1.807, 2.05) is 36.4 Å². The van der Waals surface area contributed by atoms with Crippen LogP contribution in [0.2, 0.25) is 0 Å². The van der Waals surface area contributed by atoms with Gasteiger partial charge in [-0.15, -0.1) is 0 Å². The van der Waals surface area contributed by atoms with Gasteiger partial charge in [-0.3, -0.25) is 9.59 Å². The summed E-state index contributed by atoms with van der Waals surface area (Å²) < 4.78 is 12.1. The summed E-state index contributed by atoms with van der Waals surface area (Å²) in [6.07, 6.45) is 3.03. The third-order valence-electron chi connectivity index (χ3n) is 4.57. The van der Waals surface area contributed by atoms with Crippen molar-refractivity contribution in [2.75, 3.05) is 0 Å². The van der Waals surface area contributed by atoms with Crippen molar-refractivity contribution in [2.24, 2.45) is 0 Å². The molecule has 0 saturated heterocycles. The Morgan fingerprint density at radius 2 is 1.69 bits per heavy atom. The third kappa shape index (κ3) is 5.44. The zero-order chi connectivity index (χ0) is 22.3. The van der Waals surface area contributed by atoms with E-state index in [4.69, 9.17) is 8.83 Å². The molecule has 0 saturated carbocycles. The molecule has 0 aliphatic rings. The van der Waals surface area contributed by atoms with Gasteiger partial charge in [0.2, 0.25) is 0 Å². The Labute approximate surface area is 193 Å². The molecule has 2 aromatic carbocycles. The molecule has 4 aromatic rings. The van der Waals surface area contributed by atoms with E-state index in [-0.39, 0.29) is 12.2 Å². The lowest BCUT2D eigenvalue weighted by atomic mass is 10.2. The highest BCUT2D eigenvalue weighted by Gasteiger charge is 2.16. The fourth-order valence-corrected chi connectivity index (χ4v) is 3.22. The van der Waals surface area contributed by atoms with Crippen molar-refractivity contribution >= 4 is 33.8 Å². The van der Waals surface area contributed by atoms with Crippen LogP contribution < -0.4 is 10.6 Å². The lowest BCUT2D eigenvalue weighted by Crippen LogP contribution is -2.34. The van der Waals surface area contributed by atoms with Gasteiger partial charge in [0.25, 0.3) is 11.8 Å². The van der Waals surface area contributed by atoms with Crippen LogP contribution in [0.5, 0.6) is 0 Å². The molecule has 2 amide bonds. The molecule has 160 valence electrons. The minimum atomic E-state index is -0.465. The van der Waals surface area contributed by atoms with Gasteiger partial charge >= 0.3 is 0 Å². The minimum absolute atomic E-state index is 0.0575. The molecule has 2 aromatic heterocycles. The lowest BCUT2D eigenvalue weighted by Gasteiger charge is -2.10. The van der Waals surface area contributed by atoms with Gasteiger partial charge in [0.1, 0.15) is 23.0 Å². The van der Waals surface area contributed by atoms with Gasteiger partial charge in [-0.25, -0.2) is 0 Å². The standard InChI is InChI=1S/C25H19BrN2O4/c26-19-10-8-17(9-11-19)23-13-12-20(32-23)15-22(25(30)27-16-21-7-4-14-31-21)28-24(29)18-5-2-1-3-6-18/h1-15H,16H2,(H,27,30)(H,28,29)/b22-15-. The van der Waals surface area contributed by atoms with Crippen LogP contribution in [0, 0.1) is 0 Å². The molecule has 32 heavy (non-hydrogen) atoms. The molecule has 0 radical (unpaired) electrons. The third-order valence-corrected chi connectivity index (χ3v) is 5.10. The van der Waals surface area contributed by atoms with E-state index in [1.165, 1.54) is 12.3 Å². The van der Waals surface area contributed by atoms with Gasteiger partial charge in [0.05, 0.1) is 12.8 Å². The number of amides is 2. The molecular formula is C25H19BrN2O4. The van der Waals surface area contributed by atoms with Crippen LogP contribution in [0.1, 0.15) is 21.9 Å². The Bertz CT molecular complexity index is 1230. The Morgan fingerprint density at radius 3 is 2.41 bits per heavy atom. The van der Waals surface area contributed by atoms with E-state index in [1.54, 1.807) is 42.5 Å². The number of carbonyl (C=O) groups excluding carboxylic acids is 2. The topological polar surface area (TPSA) is 84.5 Å². The molecule has 2 heterocycles. The van der Waals surface area contributed by atoms with Crippen molar-refractivity contribution < 1.29 is 18.4 Å². The van der Waals surface area contributed by atoms with Crippen LogP contribution in [0.15, 0.2) is 104 Å². The van der Waals surface area contributed by atoms with Crippen molar-refractivity contribution in [3.8, 4) is 11.3 Å². The van der Waals surface area contributed by atoms with E-state index < -0.39 is 11.8 Å². The number of benzene rings is 2. The Morgan fingerprint density at radius 1 is 0.906 bits per heavy atom. The molecule has 4 rings (SSSR count). The van der Waals surface area contributed by atoms with Crippen LogP contribution in [0.25, 0.3) is 17.4 Å². The molecule has 2 N–H and O–H groups in total. The van der Waals surface area contributed by atoms with Crippen LogP contribution in [0.3, 0.4) is 0 Å². The van der Waals surface area contributed by atoms with Crippen LogP contribution >= 0.6 is 15.9 Å². The normalized spacial score (nSPS) is 11.2. The largest absolute Gasteiger partial charge is 0.467 e. The minimum Gasteiger partial charge on any atom is -0.467 e. The molecule has 7 heteroatoms. The summed E-state index contributed by atoms with van der Waals surface area (Å²) >= 11 is 3.41. The molecule has 0 fully saturated rings. The zero-order valence-corrected chi connectivity index (χ0v) is 18.5. The fraction of sp³-hybridized carbons (Fsp3) is 0.0400. The Hall–Kier alpha value is -3.84. The lowest BCUT2D eigenvalue weighted by molar-refractivity contribution is -0.118. The molecular weight excluding hydrogens is 472 g/mol. The average Bonchev–Trinajstić information content (AvgIpc) is 3.50. The second-order valence-corrected chi connectivity index (χ2v) is 7.76. The van der Waals surface area contributed by atoms with Gasteiger partial charge in [-0.2, -0.15) is 0 Å². The number of furan rings is 2. The summed E-state index contributed by atoms with van der Waals surface area (Å²) in [6, 6.07) is 23.4. The van der Waals surface area contributed by atoms with Gasteiger partial charge in [-0.1, -0.05) is 46.3 Å². The second-order valence-electron chi connectivity index (χ2n) is 6.85. The highest BCUT2D eigenvalue weighted by Crippen LogP contribution is 2.25. The summed E-state index contributed by atoms with van der Waals surface area (Å²) in [6.45, 7) is 0.187. The highest BCUT2D eigenvalue weighted by atomic mass is 79.9. The van der Waals surface area contributed by atoms with E-state index in [0.29, 0.717) is 22.8 Å². The van der Waals surface area contributed by atoms with Crippen molar-refractivity contribution in [2.45, 2.75) is 6.54 Å². The average molecular weight is 491 g/mol. The van der Waals surface area contributed by atoms with Gasteiger partial charge in [-0.05, 0) is 48.5 Å². The SMILES string of the molecule is O=C(NCc1ccco1)/C(=C/c1ccc(-c2ccc(Br)cc2)o1)NC(=O)c1ccccc1. The smallest absolute Gasteiger partial charge is 0.268 e. The molecule has 0 spiro atoms. The van der Waals surface area contributed by atoms with Crippen LogP contribution in [-0.2, 0) is 11.3 Å². The number of hydrogen-bond acceptors (Lipinski definition) is 4. The second kappa shape index (κ2) is 9.98. The van der Waals surface area contributed by atoms with Gasteiger partial charge < -0.3 is 19.5 Å². The summed E-state index contributed by atoms with van der Waals surface area (Å²) in [5.41, 5.74) is 1.39. The maximum Gasteiger partial charge on any atom is 0.268 e. The molecule has 0 aliphatic heterocycles. The van der Waals surface area contributed by atoms with Gasteiger partial charge in [0, 0.05) is 21.7 Å². The maximum atomic E-state index is 12.8. The molecule has 0 aliphatic carbocycles. The molecule has 0 bridgehead atoms. The summed E-state index contributed by atoms with van der Waals surface area (Å²) in [5.74, 6) is 0.812. The van der Waals surface area contributed by atoms with E-state index in [0.717, 1.165) is 10.0 Å². The summed E-state index contributed by atoms with van der Waals surface area (Å²) in [5, 5.41) is 5.43. The highest BCUT2D eigenvalue weighted by molar-refractivity contribution is 9.10. The zero-order valence-electron chi connectivity index (χ0n) is 16.9. The number of nitrogens with one attached hydrogen (secondary N) is 2. The first-order chi connectivity index (χ1) is 15.6. The van der Waals surface area contributed by atoms with E-state index in [9.17, 15) is 9.59 Å². The van der Waals surface area contributed by atoms with E-state index in [2.05, 4.69) is 26.6 Å². The number of carbonyl (C=O) groups is 2. The Balaban J connectivity index is 1.57. The molecule has 0 atom stereocenters. The maximum absolute atomic E-state index is 12.8. The van der Waals surface area contributed by atoms with E-state index >= 15 is 0 Å². The van der Waals surface area contributed by atoms with Crippen molar-refractivity contribution in [1.29, 1.82) is 0 Å². The number of hydrogen-bond donors (Lipinski definition) is 2. The van der Waals surface area contributed by atoms with Crippen LogP contribution in [0.4, 0.5) is 0 Å². The van der Waals surface area contributed by atoms with Crippen molar-refractivity contribution in [3.05, 3.63) is 112 Å². The summed E-state index contributed by atoms with van der Waals surface area (Å²) in [7, 11) is 0. The van der Waals surface area contributed by atoms with Crippen molar-refractivity contribution in [3.63, 3.8) is 0 Å². The monoisotopic (exact) mass is 490 g/mol. The summed E-state index contributed by atoms with van der Waals surface area (Å²) in [4.78, 5) is 25.5. The quantitative estimate of drug-likeness (QED) is 0.340. The Kier molecular flexibility index (Phi) is 6.67. The van der Waals surface area contributed by atoms with Gasteiger partial charge in [0.15, 0.2) is 0 Å². The number of halogens is 1. The number of rotatable bonds is 7. The first-order valence-electron chi connectivity index (χ1n) is 9.83. The first kappa shape index (κ1) is 21.4. The predicted molar refractivity (Wildman–Crippen MR) is 124 cm³/mol. The van der Waals surface area contributed by atoms with Crippen LogP contribution in [-0.4, -0.2) is 11.8 Å². The molecule has 6 nitrogen and oxygen atoms in total. The molecule has 0 unspecified atom stereocenters. The fourth-order valence-electron chi connectivity index (χ4n) is 2.96. The first-order valence-corrected chi connectivity index (χ1v) is 10.6. The van der Waals surface area contributed by atoms with Crippen molar-refractivity contribution in [1.82, 2.24) is 10.6 Å².